The maximum absolute atomic E-state index is 11.6. The maximum Gasteiger partial charge on any atom is 0.238 e. The lowest BCUT2D eigenvalue weighted by molar-refractivity contribution is -0.116. The number of hydrogen-bond acceptors (Lipinski definition) is 5. The summed E-state index contributed by atoms with van der Waals surface area (Å²) in [6, 6.07) is 2.85. The van der Waals surface area contributed by atoms with Crippen LogP contribution in [0.15, 0.2) is 17.0 Å². The van der Waals surface area contributed by atoms with E-state index in [1.807, 2.05) is 13.8 Å². The maximum atomic E-state index is 11.6. The van der Waals surface area contributed by atoms with Crippen molar-refractivity contribution >= 4 is 27.3 Å². The molecule has 0 aliphatic rings. The Bertz CT molecular complexity index is 626. The minimum atomic E-state index is -3.89. The highest BCUT2D eigenvalue weighted by atomic mass is 32.2. The number of nitrogen functional groups attached to an aromatic ring is 1. The second-order valence-electron chi connectivity index (χ2n) is 4.90. The van der Waals surface area contributed by atoms with Gasteiger partial charge in [0.25, 0.3) is 0 Å². The molecule has 6 N–H and O–H groups in total. The third-order valence-corrected chi connectivity index (χ3v) is 3.96. The minimum Gasteiger partial charge on any atom is -0.399 e. The summed E-state index contributed by atoms with van der Waals surface area (Å²) in [5.41, 5.74) is 12.2. The summed E-state index contributed by atoms with van der Waals surface area (Å²) >= 11 is 0. The van der Waals surface area contributed by atoms with Crippen LogP contribution in [0, 0.1) is 6.92 Å². The first-order valence-corrected chi connectivity index (χ1v) is 7.56. The fourth-order valence-electron chi connectivity index (χ4n) is 2.00. The van der Waals surface area contributed by atoms with Crippen LogP contribution in [0.1, 0.15) is 19.4 Å². The summed E-state index contributed by atoms with van der Waals surface area (Å²) in [4.78, 5) is 12.8. The number of benzene rings is 1. The van der Waals surface area contributed by atoms with E-state index >= 15 is 0 Å². The fraction of sp³-hybridized carbons (Fsp3) is 0.417. The Morgan fingerprint density at radius 3 is 2.30 bits per heavy atom. The van der Waals surface area contributed by atoms with Gasteiger partial charge in [0.15, 0.2) is 0 Å². The van der Waals surface area contributed by atoms with Crippen molar-refractivity contribution in [3.63, 3.8) is 0 Å². The van der Waals surface area contributed by atoms with Crippen molar-refractivity contribution in [2.24, 2.45) is 10.9 Å². The first-order chi connectivity index (χ1) is 9.04. The summed E-state index contributed by atoms with van der Waals surface area (Å²) in [5.74, 6) is -0.516. The van der Waals surface area contributed by atoms with Crippen LogP contribution in [0.4, 0.5) is 11.4 Å². The van der Waals surface area contributed by atoms with Gasteiger partial charge in [0.1, 0.15) is 0 Å². The van der Waals surface area contributed by atoms with E-state index in [-0.39, 0.29) is 23.2 Å². The molecule has 1 aromatic rings. The van der Waals surface area contributed by atoms with Gasteiger partial charge in [-0.05, 0) is 38.5 Å². The van der Waals surface area contributed by atoms with Gasteiger partial charge < -0.3 is 16.4 Å². The standard InChI is InChI=1S/C12H20N4O3S/c1-7(2)16(6-12(14)17)10-4-9(13)5-11(8(10)3)20(15,18)19/h4-5,7H,6,13H2,1-3H3,(H2,14,17)(H2,15,18,19). The van der Waals surface area contributed by atoms with Crippen molar-refractivity contribution in [2.45, 2.75) is 31.7 Å². The molecular weight excluding hydrogens is 280 g/mol. The van der Waals surface area contributed by atoms with Gasteiger partial charge in [-0.3, -0.25) is 4.79 Å². The van der Waals surface area contributed by atoms with E-state index in [2.05, 4.69) is 0 Å². The van der Waals surface area contributed by atoms with Crippen LogP contribution in [0.5, 0.6) is 0 Å². The molecule has 0 aromatic heterocycles. The molecule has 0 saturated heterocycles. The zero-order valence-electron chi connectivity index (χ0n) is 11.8. The number of primary amides is 1. The van der Waals surface area contributed by atoms with Gasteiger partial charge in [-0.1, -0.05) is 0 Å². The second-order valence-corrected chi connectivity index (χ2v) is 6.43. The highest BCUT2D eigenvalue weighted by molar-refractivity contribution is 7.89. The van der Waals surface area contributed by atoms with Crippen LogP contribution in [-0.4, -0.2) is 26.9 Å². The largest absolute Gasteiger partial charge is 0.399 e. The van der Waals surface area contributed by atoms with Crippen LogP contribution in [0.2, 0.25) is 0 Å². The number of rotatable bonds is 5. The topological polar surface area (TPSA) is 133 Å². The zero-order chi connectivity index (χ0) is 15.7. The van der Waals surface area contributed by atoms with Crippen molar-refractivity contribution in [1.82, 2.24) is 0 Å². The molecule has 0 fully saturated rings. The molecule has 0 aliphatic carbocycles. The lowest BCUT2D eigenvalue weighted by Gasteiger charge is -2.30. The number of nitrogens with two attached hydrogens (primary N) is 3. The summed E-state index contributed by atoms with van der Waals surface area (Å²) in [6.45, 7) is 5.31. The van der Waals surface area contributed by atoms with Crippen molar-refractivity contribution in [3.8, 4) is 0 Å². The quantitative estimate of drug-likeness (QED) is 0.654. The van der Waals surface area contributed by atoms with Crippen molar-refractivity contribution in [2.75, 3.05) is 17.2 Å². The molecule has 7 nitrogen and oxygen atoms in total. The van der Waals surface area contributed by atoms with E-state index in [1.54, 1.807) is 17.9 Å². The Hall–Kier alpha value is -1.80. The molecular formula is C12H20N4O3S. The fourth-order valence-corrected chi connectivity index (χ4v) is 2.83. The molecule has 0 aliphatic heterocycles. The van der Waals surface area contributed by atoms with Gasteiger partial charge in [-0.15, -0.1) is 0 Å². The highest BCUT2D eigenvalue weighted by Crippen LogP contribution is 2.30. The Balaban J connectivity index is 3.51. The number of nitrogens with zero attached hydrogens (tertiary/aromatic N) is 1. The summed E-state index contributed by atoms with van der Waals surface area (Å²) in [5, 5.41) is 5.18. The average molecular weight is 300 g/mol. The van der Waals surface area contributed by atoms with E-state index in [9.17, 15) is 13.2 Å². The van der Waals surface area contributed by atoms with Crippen LogP contribution in [-0.2, 0) is 14.8 Å². The molecule has 1 amide bonds. The highest BCUT2D eigenvalue weighted by Gasteiger charge is 2.21. The molecule has 0 radical (unpaired) electrons. The predicted octanol–water partition coefficient (Wildman–Crippen LogP) is -0.0753. The SMILES string of the molecule is Cc1c(N(CC(N)=O)C(C)C)cc(N)cc1S(N)(=O)=O. The number of amides is 1. The smallest absolute Gasteiger partial charge is 0.238 e. The number of hydrogen-bond donors (Lipinski definition) is 3. The Morgan fingerprint density at radius 1 is 1.35 bits per heavy atom. The van der Waals surface area contributed by atoms with Gasteiger partial charge in [-0.25, -0.2) is 13.6 Å². The number of primary sulfonamides is 1. The number of carbonyl (C=O) groups is 1. The van der Waals surface area contributed by atoms with Gasteiger partial charge in [-0.2, -0.15) is 0 Å². The van der Waals surface area contributed by atoms with Crippen LogP contribution < -0.4 is 21.5 Å². The summed E-state index contributed by atoms with van der Waals surface area (Å²) in [6.07, 6.45) is 0. The van der Waals surface area contributed by atoms with Crippen molar-refractivity contribution < 1.29 is 13.2 Å². The molecule has 20 heavy (non-hydrogen) atoms. The average Bonchev–Trinajstić information content (AvgIpc) is 2.26. The van der Waals surface area contributed by atoms with Gasteiger partial charge in [0, 0.05) is 17.4 Å². The van der Waals surface area contributed by atoms with E-state index in [0.29, 0.717) is 11.3 Å². The molecule has 0 atom stereocenters. The Labute approximate surface area is 118 Å². The zero-order valence-corrected chi connectivity index (χ0v) is 12.6. The van der Waals surface area contributed by atoms with Crippen molar-refractivity contribution in [1.29, 1.82) is 0 Å². The first-order valence-electron chi connectivity index (χ1n) is 6.02. The van der Waals surface area contributed by atoms with E-state index < -0.39 is 15.9 Å². The molecule has 0 spiro atoms. The normalized spacial score (nSPS) is 11.7. The third kappa shape index (κ3) is 3.61. The molecule has 0 saturated carbocycles. The van der Waals surface area contributed by atoms with Crippen LogP contribution in [0.3, 0.4) is 0 Å². The third-order valence-electron chi connectivity index (χ3n) is 2.92. The molecule has 1 aromatic carbocycles. The molecule has 1 rings (SSSR count). The van der Waals surface area contributed by atoms with Crippen LogP contribution >= 0.6 is 0 Å². The minimum absolute atomic E-state index is 0.0357. The second kappa shape index (κ2) is 5.68. The van der Waals surface area contributed by atoms with Gasteiger partial charge in [0.2, 0.25) is 15.9 Å². The first kappa shape index (κ1) is 16.3. The van der Waals surface area contributed by atoms with Gasteiger partial charge in [0.05, 0.1) is 11.4 Å². The lowest BCUT2D eigenvalue weighted by atomic mass is 10.1. The van der Waals surface area contributed by atoms with Crippen molar-refractivity contribution in [3.05, 3.63) is 17.7 Å². The Kier molecular flexibility index (Phi) is 4.61. The molecule has 0 bridgehead atoms. The monoisotopic (exact) mass is 300 g/mol. The molecule has 8 heteroatoms. The van der Waals surface area contributed by atoms with E-state index in [0.717, 1.165) is 0 Å². The summed E-state index contributed by atoms with van der Waals surface area (Å²) < 4.78 is 23.2. The van der Waals surface area contributed by atoms with Gasteiger partial charge >= 0.3 is 0 Å². The summed E-state index contributed by atoms with van der Waals surface area (Å²) in [7, 11) is -3.89. The Morgan fingerprint density at radius 2 is 1.90 bits per heavy atom. The number of anilines is 2. The lowest BCUT2D eigenvalue weighted by Crippen LogP contribution is -2.39. The molecule has 112 valence electrons. The van der Waals surface area contributed by atoms with E-state index in [4.69, 9.17) is 16.6 Å². The molecule has 0 heterocycles. The number of sulfonamides is 1. The van der Waals surface area contributed by atoms with Crippen LogP contribution in [0.25, 0.3) is 0 Å². The predicted molar refractivity (Wildman–Crippen MR) is 78.6 cm³/mol. The number of carbonyl (C=O) groups excluding carboxylic acids is 1. The molecule has 0 unspecified atom stereocenters. The van der Waals surface area contributed by atoms with E-state index in [1.165, 1.54) is 6.07 Å².